The molecular formula is C16H19N3O2. The van der Waals surface area contributed by atoms with Gasteiger partial charge in [-0.2, -0.15) is 0 Å². The van der Waals surface area contributed by atoms with Crippen LogP contribution in [0.15, 0.2) is 36.4 Å². The summed E-state index contributed by atoms with van der Waals surface area (Å²) in [6, 6.07) is 11.6. The first-order chi connectivity index (χ1) is 10.3. The number of morpholine rings is 1. The van der Waals surface area contributed by atoms with Crippen molar-refractivity contribution < 1.29 is 9.53 Å². The number of benzene rings is 1. The molecule has 1 saturated heterocycles. The van der Waals surface area contributed by atoms with Gasteiger partial charge in [0.2, 0.25) is 0 Å². The van der Waals surface area contributed by atoms with Gasteiger partial charge in [-0.05, 0) is 19.2 Å². The van der Waals surface area contributed by atoms with E-state index in [1.807, 2.05) is 42.3 Å². The molecule has 1 aromatic heterocycles. The number of rotatable bonds is 3. The van der Waals surface area contributed by atoms with E-state index in [-0.39, 0.29) is 12.0 Å². The van der Waals surface area contributed by atoms with E-state index in [9.17, 15) is 4.79 Å². The Hall–Kier alpha value is -1.98. The van der Waals surface area contributed by atoms with Crippen LogP contribution in [0.1, 0.15) is 10.5 Å². The Labute approximate surface area is 123 Å². The van der Waals surface area contributed by atoms with E-state index in [1.165, 1.54) is 0 Å². The molecule has 110 valence electrons. The second kappa shape index (κ2) is 6.20. The zero-order valence-corrected chi connectivity index (χ0v) is 12.1. The molecule has 5 heteroatoms. The maximum absolute atomic E-state index is 12.6. The fraction of sp³-hybridized carbons (Fsp3) is 0.375. The summed E-state index contributed by atoms with van der Waals surface area (Å²) in [5, 5.41) is 4.13. The molecule has 3 rings (SSSR count). The predicted molar refractivity (Wildman–Crippen MR) is 81.3 cm³/mol. The summed E-state index contributed by atoms with van der Waals surface area (Å²) < 4.78 is 5.63. The number of aromatic nitrogens is 1. The Morgan fingerprint density at radius 3 is 3.10 bits per heavy atom. The van der Waals surface area contributed by atoms with Gasteiger partial charge in [0.15, 0.2) is 0 Å². The zero-order valence-electron chi connectivity index (χ0n) is 12.1. The largest absolute Gasteiger partial charge is 0.373 e. The second-order valence-electron chi connectivity index (χ2n) is 5.19. The molecule has 5 nitrogen and oxygen atoms in total. The van der Waals surface area contributed by atoms with Gasteiger partial charge in [-0.15, -0.1) is 0 Å². The lowest BCUT2D eigenvalue weighted by molar-refractivity contribution is -0.0198. The van der Waals surface area contributed by atoms with E-state index in [4.69, 9.17) is 4.74 Å². The highest BCUT2D eigenvalue weighted by molar-refractivity contribution is 5.95. The van der Waals surface area contributed by atoms with Crippen LogP contribution in [0.4, 0.5) is 0 Å². The van der Waals surface area contributed by atoms with Crippen molar-refractivity contribution in [1.29, 1.82) is 0 Å². The van der Waals surface area contributed by atoms with Crippen LogP contribution < -0.4 is 5.32 Å². The maximum Gasteiger partial charge on any atom is 0.272 e. The quantitative estimate of drug-likeness (QED) is 0.923. The molecular weight excluding hydrogens is 266 g/mol. The number of hydrogen-bond acceptors (Lipinski definition) is 4. The highest BCUT2D eigenvalue weighted by Gasteiger charge is 2.25. The lowest BCUT2D eigenvalue weighted by atomic mass is 10.2. The Morgan fingerprint density at radius 2 is 2.24 bits per heavy atom. The number of likely N-dealkylation sites (N-methyl/N-ethyl adjacent to an activating group) is 1. The molecule has 1 aromatic carbocycles. The minimum absolute atomic E-state index is 0.0230. The van der Waals surface area contributed by atoms with Gasteiger partial charge in [0.1, 0.15) is 5.69 Å². The molecule has 2 heterocycles. The molecule has 1 N–H and O–H groups in total. The molecule has 0 radical (unpaired) electrons. The average Bonchev–Trinajstić information content (AvgIpc) is 2.54. The molecule has 1 atom stereocenters. The summed E-state index contributed by atoms with van der Waals surface area (Å²) in [5.74, 6) is -0.0230. The van der Waals surface area contributed by atoms with Crippen molar-refractivity contribution >= 4 is 16.8 Å². The molecule has 2 aromatic rings. The molecule has 1 aliphatic heterocycles. The van der Waals surface area contributed by atoms with Crippen LogP contribution >= 0.6 is 0 Å². The number of nitrogens with one attached hydrogen (secondary N) is 1. The minimum atomic E-state index is -0.0230. The summed E-state index contributed by atoms with van der Waals surface area (Å²) in [6.45, 7) is 2.54. The van der Waals surface area contributed by atoms with Crippen molar-refractivity contribution in [2.45, 2.75) is 6.10 Å². The van der Waals surface area contributed by atoms with Crippen molar-refractivity contribution in [2.24, 2.45) is 0 Å². The van der Waals surface area contributed by atoms with E-state index >= 15 is 0 Å². The summed E-state index contributed by atoms with van der Waals surface area (Å²) in [7, 11) is 1.88. The van der Waals surface area contributed by atoms with Crippen molar-refractivity contribution in [2.75, 3.05) is 33.3 Å². The van der Waals surface area contributed by atoms with Crippen LogP contribution in [0.5, 0.6) is 0 Å². The molecule has 1 amide bonds. The molecule has 0 bridgehead atoms. The maximum atomic E-state index is 12.6. The molecule has 1 unspecified atom stereocenters. The predicted octanol–water partition coefficient (Wildman–Crippen LogP) is 1.30. The van der Waals surface area contributed by atoms with E-state index in [0.717, 1.165) is 17.4 Å². The number of fused-ring (bicyclic) bond motifs is 1. The molecule has 0 saturated carbocycles. The Kier molecular flexibility index (Phi) is 4.13. The van der Waals surface area contributed by atoms with Gasteiger partial charge in [-0.1, -0.05) is 24.3 Å². The van der Waals surface area contributed by atoms with Gasteiger partial charge in [-0.25, -0.2) is 4.98 Å². The Balaban J connectivity index is 1.79. The van der Waals surface area contributed by atoms with Crippen molar-refractivity contribution in [3.05, 3.63) is 42.1 Å². The van der Waals surface area contributed by atoms with E-state index in [0.29, 0.717) is 25.4 Å². The summed E-state index contributed by atoms with van der Waals surface area (Å²) in [4.78, 5) is 18.9. The number of carbonyl (C=O) groups excluding carboxylic acids is 1. The van der Waals surface area contributed by atoms with Gasteiger partial charge in [0.25, 0.3) is 5.91 Å². The molecule has 0 spiro atoms. The number of hydrogen-bond donors (Lipinski definition) is 1. The number of carbonyl (C=O) groups is 1. The second-order valence-corrected chi connectivity index (χ2v) is 5.19. The Morgan fingerprint density at radius 1 is 1.38 bits per heavy atom. The fourth-order valence-electron chi connectivity index (χ4n) is 2.60. The SMILES string of the molecule is CNCC1CN(C(=O)c2ccc3ccccc3n2)CCO1. The van der Waals surface area contributed by atoms with Crippen LogP contribution in [0.25, 0.3) is 10.9 Å². The third-order valence-electron chi connectivity index (χ3n) is 3.68. The van der Waals surface area contributed by atoms with Gasteiger partial charge in [0, 0.05) is 25.0 Å². The average molecular weight is 285 g/mol. The van der Waals surface area contributed by atoms with Crippen LogP contribution in [0.2, 0.25) is 0 Å². The van der Waals surface area contributed by atoms with Crippen molar-refractivity contribution in [3.63, 3.8) is 0 Å². The number of amides is 1. The molecule has 1 fully saturated rings. The fourth-order valence-corrected chi connectivity index (χ4v) is 2.60. The number of para-hydroxylation sites is 1. The van der Waals surface area contributed by atoms with Crippen molar-refractivity contribution in [3.8, 4) is 0 Å². The monoisotopic (exact) mass is 285 g/mol. The van der Waals surface area contributed by atoms with Crippen molar-refractivity contribution in [1.82, 2.24) is 15.2 Å². The van der Waals surface area contributed by atoms with Crippen LogP contribution in [0.3, 0.4) is 0 Å². The third-order valence-corrected chi connectivity index (χ3v) is 3.68. The first kappa shape index (κ1) is 14.0. The summed E-state index contributed by atoms with van der Waals surface area (Å²) >= 11 is 0. The minimum Gasteiger partial charge on any atom is -0.373 e. The zero-order chi connectivity index (χ0) is 14.7. The number of nitrogens with zero attached hydrogens (tertiary/aromatic N) is 2. The summed E-state index contributed by atoms with van der Waals surface area (Å²) in [5.41, 5.74) is 1.35. The molecule has 21 heavy (non-hydrogen) atoms. The van der Waals surface area contributed by atoms with Gasteiger partial charge < -0.3 is 15.0 Å². The number of pyridine rings is 1. The van der Waals surface area contributed by atoms with Gasteiger partial charge >= 0.3 is 0 Å². The van der Waals surface area contributed by atoms with Crippen LogP contribution in [-0.2, 0) is 4.74 Å². The first-order valence-electron chi connectivity index (χ1n) is 7.19. The normalized spacial score (nSPS) is 18.9. The van der Waals surface area contributed by atoms with Gasteiger partial charge in [0.05, 0.1) is 18.2 Å². The summed E-state index contributed by atoms with van der Waals surface area (Å²) in [6.07, 6.45) is 0.0492. The van der Waals surface area contributed by atoms with E-state index in [1.54, 1.807) is 6.07 Å². The highest BCUT2D eigenvalue weighted by Crippen LogP contribution is 2.14. The van der Waals surface area contributed by atoms with Gasteiger partial charge in [-0.3, -0.25) is 4.79 Å². The van der Waals surface area contributed by atoms with E-state index in [2.05, 4.69) is 10.3 Å². The molecule has 1 aliphatic rings. The lowest BCUT2D eigenvalue weighted by Gasteiger charge is -2.32. The lowest BCUT2D eigenvalue weighted by Crippen LogP contribution is -2.48. The number of ether oxygens (including phenoxy) is 1. The highest BCUT2D eigenvalue weighted by atomic mass is 16.5. The van der Waals surface area contributed by atoms with E-state index < -0.39 is 0 Å². The first-order valence-corrected chi connectivity index (χ1v) is 7.19. The van der Waals surface area contributed by atoms with Crippen LogP contribution in [-0.4, -0.2) is 55.2 Å². The van der Waals surface area contributed by atoms with Crippen LogP contribution in [0, 0.1) is 0 Å². The standard InChI is InChI=1S/C16H19N3O2/c1-17-10-13-11-19(8-9-21-13)16(20)15-7-6-12-4-2-3-5-14(12)18-15/h2-7,13,17H,8-11H2,1H3. The Bertz CT molecular complexity index is 642. The third kappa shape index (κ3) is 3.04. The smallest absolute Gasteiger partial charge is 0.272 e. The topological polar surface area (TPSA) is 54.5 Å². The molecule has 0 aliphatic carbocycles.